The standard InChI is InChI=1S/C9H13N3O2/c1-12-3-2-8(9(12)13)10-4-7-5-14-6-11-7/h5-6,8,10H,2-4H2,1H3. The molecule has 0 aliphatic carbocycles. The second-order valence-corrected chi connectivity index (χ2v) is 3.46. The maximum absolute atomic E-state index is 11.5. The van der Waals surface area contributed by atoms with E-state index in [1.54, 1.807) is 11.2 Å². The first-order valence-corrected chi connectivity index (χ1v) is 4.63. The summed E-state index contributed by atoms with van der Waals surface area (Å²) in [6, 6.07) is -0.0586. The van der Waals surface area contributed by atoms with Crippen molar-refractivity contribution in [2.75, 3.05) is 13.6 Å². The fourth-order valence-electron chi connectivity index (χ4n) is 1.56. The van der Waals surface area contributed by atoms with Gasteiger partial charge in [0, 0.05) is 20.1 Å². The van der Waals surface area contributed by atoms with Crippen molar-refractivity contribution in [3.8, 4) is 0 Å². The van der Waals surface area contributed by atoms with E-state index in [2.05, 4.69) is 10.3 Å². The molecule has 1 aromatic rings. The van der Waals surface area contributed by atoms with E-state index >= 15 is 0 Å². The normalized spacial score (nSPS) is 21.9. The van der Waals surface area contributed by atoms with Gasteiger partial charge in [-0.2, -0.15) is 0 Å². The van der Waals surface area contributed by atoms with Crippen molar-refractivity contribution in [3.05, 3.63) is 18.4 Å². The van der Waals surface area contributed by atoms with Crippen molar-refractivity contribution in [1.29, 1.82) is 0 Å². The van der Waals surface area contributed by atoms with Crippen LogP contribution >= 0.6 is 0 Å². The first kappa shape index (κ1) is 9.21. The number of amides is 1. The van der Waals surface area contributed by atoms with Gasteiger partial charge in [0.1, 0.15) is 6.26 Å². The van der Waals surface area contributed by atoms with Gasteiger partial charge in [0.15, 0.2) is 6.39 Å². The smallest absolute Gasteiger partial charge is 0.239 e. The molecule has 1 atom stereocenters. The number of nitrogens with one attached hydrogen (secondary N) is 1. The molecule has 0 radical (unpaired) electrons. The first-order chi connectivity index (χ1) is 6.77. The lowest BCUT2D eigenvalue weighted by Crippen LogP contribution is -2.36. The molecule has 1 unspecified atom stereocenters. The van der Waals surface area contributed by atoms with Crippen LogP contribution in [0.3, 0.4) is 0 Å². The Bertz CT molecular complexity index is 310. The van der Waals surface area contributed by atoms with Crippen LogP contribution in [0.5, 0.6) is 0 Å². The van der Waals surface area contributed by atoms with Crippen LogP contribution in [0, 0.1) is 0 Å². The predicted octanol–water partition coefficient (Wildman–Crippen LogP) is -0.00510. The Labute approximate surface area is 82.1 Å². The lowest BCUT2D eigenvalue weighted by Gasteiger charge is -2.10. The Morgan fingerprint density at radius 1 is 1.79 bits per heavy atom. The Morgan fingerprint density at radius 3 is 3.21 bits per heavy atom. The zero-order valence-corrected chi connectivity index (χ0v) is 8.06. The van der Waals surface area contributed by atoms with Gasteiger partial charge in [-0.3, -0.25) is 10.1 Å². The van der Waals surface area contributed by atoms with E-state index in [1.807, 2.05) is 7.05 Å². The van der Waals surface area contributed by atoms with Gasteiger partial charge in [0.25, 0.3) is 0 Å². The van der Waals surface area contributed by atoms with Gasteiger partial charge in [0.05, 0.1) is 11.7 Å². The van der Waals surface area contributed by atoms with Gasteiger partial charge in [-0.1, -0.05) is 0 Å². The third kappa shape index (κ3) is 1.77. The molecule has 5 nitrogen and oxygen atoms in total. The number of nitrogens with zero attached hydrogens (tertiary/aromatic N) is 2. The highest BCUT2D eigenvalue weighted by molar-refractivity contribution is 5.83. The lowest BCUT2D eigenvalue weighted by atomic mass is 10.2. The van der Waals surface area contributed by atoms with Crippen LogP contribution in [-0.4, -0.2) is 35.4 Å². The molecule has 1 aliphatic heterocycles. The Morgan fingerprint density at radius 2 is 2.64 bits per heavy atom. The molecular weight excluding hydrogens is 182 g/mol. The van der Waals surface area contributed by atoms with Crippen molar-refractivity contribution in [2.45, 2.75) is 19.0 Å². The van der Waals surface area contributed by atoms with Crippen LogP contribution < -0.4 is 5.32 Å². The number of hydrogen-bond donors (Lipinski definition) is 1. The molecule has 0 spiro atoms. The van der Waals surface area contributed by atoms with Crippen molar-refractivity contribution < 1.29 is 9.21 Å². The number of oxazole rings is 1. The van der Waals surface area contributed by atoms with Crippen LogP contribution in [0.2, 0.25) is 0 Å². The summed E-state index contributed by atoms with van der Waals surface area (Å²) in [5.74, 6) is 0.161. The number of carbonyl (C=O) groups is 1. The van der Waals surface area contributed by atoms with E-state index in [0.29, 0.717) is 6.54 Å². The summed E-state index contributed by atoms with van der Waals surface area (Å²) in [7, 11) is 1.82. The van der Waals surface area contributed by atoms with Crippen molar-refractivity contribution in [1.82, 2.24) is 15.2 Å². The number of carbonyl (C=O) groups excluding carboxylic acids is 1. The van der Waals surface area contributed by atoms with Crippen LogP contribution in [-0.2, 0) is 11.3 Å². The third-order valence-electron chi connectivity index (χ3n) is 2.44. The van der Waals surface area contributed by atoms with Gasteiger partial charge in [0.2, 0.25) is 5.91 Å². The van der Waals surface area contributed by atoms with E-state index < -0.39 is 0 Å². The van der Waals surface area contributed by atoms with Gasteiger partial charge in [-0.05, 0) is 6.42 Å². The fourth-order valence-corrected chi connectivity index (χ4v) is 1.56. The predicted molar refractivity (Wildman–Crippen MR) is 49.4 cm³/mol. The summed E-state index contributed by atoms with van der Waals surface area (Å²) in [4.78, 5) is 17.2. The summed E-state index contributed by atoms with van der Waals surface area (Å²) in [5, 5.41) is 3.15. The van der Waals surface area contributed by atoms with Gasteiger partial charge >= 0.3 is 0 Å². The molecule has 1 saturated heterocycles. The summed E-state index contributed by atoms with van der Waals surface area (Å²) in [6.45, 7) is 1.41. The van der Waals surface area contributed by atoms with Crippen LogP contribution in [0.25, 0.3) is 0 Å². The molecule has 0 bridgehead atoms. The molecule has 5 heteroatoms. The second-order valence-electron chi connectivity index (χ2n) is 3.46. The van der Waals surface area contributed by atoms with Crippen molar-refractivity contribution in [2.24, 2.45) is 0 Å². The summed E-state index contributed by atoms with van der Waals surface area (Å²) >= 11 is 0. The third-order valence-corrected chi connectivity index (χ3v) is 2.44. The van der Waals surface area contributed by atoms with Crippen LogP contribution in [0.1, 0.15) is 12.1 Å². The van der Waals surface area contributed by atoms with Crippen LogP contribution in [0.4, 0.5) is 0 Å². The van der Waals surface area contributed by atoms with E-state index in [4.69, 9.17) is 4.42 Å². The Hall–Kier alpha value is -1.36. The van der Waals surface area contributed by atoms with E-state index in [-0.39, 0.29) is 11.9 Å². The lowest BCUT2D eigenvalue weighted by molar-refractivity contribution is -0.128. The van der Waals surface area contributed by atoms with E-state index in [1.165, 1.54) is 6.39 Å². The molecule has 2 rings (SSSR count). The maximum Gasteiger partial charge on any atom is 0.239 e. The number of likely N-dealkylation sites (tertiary alicyclic amines) is 1. The maximum atomic E-state index is 11.5. The monoisotopic (exact) mass is 195 g/mol. The van der Waals surface area contributed by atoms with Gasteiger partial charge < -0.3 is 9.32 Å². The average molecular weight is 195 g/mol. The zero-order chi connectivity index (χ0) is 9.97. The molecule has 76 valence electrons. The number of rotatable bonds is 3. The van der Waals surface area contributed by atoms with Crippen LogP contribution in [0.15, 0.2) is 17.1 Å². The highest BCUT2D eigenvalue weighted by atomic mass is 16.3. The van der Waals surface area contributed by atoms with Crippen molar-refractivity contribution in [3.63, 3.8) is 0 Å². The summed E-state index contributed by atoms with van der Waals surface area (Å²) < 4.78 is 4.83. The molecule has 1 N–H and O–H groups in total. The molecule has 1 aromatic heterocycles. The minimum Gasteiger partial charge on any atom is -0.451 e. The summed E-state index contributed by atoms with van der Waals surface area (Å²) in [6.07, 6.45) is 3.84. The van der Waals surface area contributed by atoms with E-state index in [0.717, 1.165) is 18.7 Å². The molecular formula is C9H13N3O2. The minimum absolute atomic E-state index is 0.0586. The fraction of sp³-hybridized carbons (Fsp3) is 0.556. The van der Waals surface area contributed by atoms with Gasteiger partial charge in [-0.25, -0.2) is 4.98 Å². The molecule has 14 heavy (non-hydrogen) atoms. The minimum atomic E-state index is -0.0586. The number of aromatic nitrogens is 1. The highest BCUT2D eigenvalue weighted by Crippen LogP contribution is 2.08. The summed E-state index contributed by atoms with van der Waals surface area (Å²) in [5.41, 5.74) is 0.826. The number of hydrogen-bond acceptors (Lipinski definition) is 4. The largest absolute Gasteiger partial charge is 0.451 e. The first-order valence-electron chi connectivity index (χ1n) is 4.63. The molecule has 2 heterocycles. The topological polar surface area (TPSA) is 58.4 Å². The Kier molecular flexibility index (Phi) is 2.49. The molecule has 0 aromatic carbocycles. The molecule has 1 amide bonds. The molecule has 1 aliphatic rings. The SMILES string of the molecule is CN1CCC(NCc2cocn2)C1=O. The number of likely N-dealkylation sites (N-methyl/N-ethyl adjacent to an activating group) is 1. The average Bonchev–Trinajstić information content (AvgIpc) is 2.77. The molecule has 1 fully saturated rings. The zero-order valence-electron chi connectivity index (χ0n) is 8.06. The quantitative estimate of drug-likeness (QED) is 0.737. The van der Waals surface area contributed by atoms with E-state index in [9.17, 15) is 4.79 Å². The van der Waals surface area contributed by atoms with Gasteiger partial charge in [-0.15, -0.1) is 0 Å². The second kappa shape index (κ2) is 3.79. The highest BCUT2D eigenvalue weighted by Gasteiger charge is 2.28. The van der Waals surface area contributed by atoms with Crippen molar-refractivity contribution >= 4 is 5.91 Å². The molecule has 0 saturated carbocycles. The Balaban J connectivity index is 1.84.